The molecular formula is C17H17N5OS. The van der Waals surface area contributed by atoms with Crippen LogP contribution < -0.4 is 5.43 Å². The Labute approximate surface area is 144 Å². The van der Waals surface area contributed by atoms with Crippen molar-refractivity contribution in [1.82, 2.24) is 20.0 Å². The first kappa shape index (κ1) is 16.2. The normalized spacial score (nSPS) is 11.7. The van der Waals surface area contributed by atoms with Crippen molar-refractivity contribution in [3.8, 4) is 0 Å². The number of amides is 1. The second kappa shape index (κ2) is 7.27. The minimum absolute atomic E-state index is 0.166. The number of hydrazone groups is 1. The Bertz CT molecular complexity index is 888. The lowest BCUT2D eigenvalue weighted by Gasteiger charge is -2.03. The summed E-state index contributed by atoms with van der Waals surface area (Å²) in [6, 6.07) is 11.6. The molecule has 0 aliphatic carbocycles. The van der Waals surface area contributed by atoms with Gasteiger partial charge in [0.15, 0.2) is 5.16 Å². The Morgan fingerprint density at radius 1 is 1.25 bits per heavy atom. The van der Waals surface area contributed by atoms with E-state index in [-0.39, 0.29) is 11.7 Å². The van der Waals surface area contributed by atoms with E-state index in [0.717, 1.165) is 27.5 Å². The number of rotatable bonds is 5. The van der Waals surface area contributed by atoms with E-state index in [1.165, 1.54) is 11.8 Å². The lowest BCUT2D eigenvalue weighted by Crippen LogP contribution is -2.21. The summed E-state index contributed by atoms with van der Waals surface area (Å²) >= 11 is 1.39. The van der Waals surface area contributed by atoms with Crippen molar-refractivity contribution in [2.75, 3.05) is 5.75 Å². The fourth-order valence-electron chi connectivity index (χ4n) is 2.22. The van der Waals surface area contributed by atoms with E-state index in [2.05, 4.69) is 20.5 Å². The molecule has 6 nitrogen and oxygen atoms in total. The molecule has 1 aromatic carbocycles. The van der Waals surface area contributed by atoms with E-state index in [9.17, 15) is 4.79 Å². The number of thioether (sulfide) groups is 1. The minimum Gasteiger partial charge on any atom is -0.322 e. The van der Waals surface area contributed by atoms with Crippen LogP contribution in [0.3, 0.4) is 0 Å². The van der Waals surface area contributed by atoms with Crippen LogP contribution in [0.4, 0.5) is 0 Å². The number of carbonyl (C=O) groups is 1. The molecule has 0 aliphatic heterocycles. The maximum absolute atomic E-state index is 12.0. The van der Waals surface area contributed by atoms with Crippen molar-refractivity contribution in [3.63, 3.8) is 0 Å². The Kier molecular flexibility index (Phi) is 4.90. The van der Waals surface area contributed by atoms with Crippen molar-refractivity contribution in [1.29, 1.82) is 0 Å². The van der Waals surface area contributed by atoms with E-state index in [0.29, 0.717) is 0 Å². The van der Waals surface area contributed by atoms with Crippen LogP contribution in [0.5, 0.6) is 0 Å². The smallest absolute Gasteiger partial charge is 0.250 e. The third-order valence-electron chi connectivity index (χ3n) is 3.52. The van der Waals surface area contributed by atoms with Crippen molar-refractivity contribution in [2.45, 2.75) is 12.1 Å². The summed E-state index contributed by atoms with van der Waals surface area (Å²) in [6.45, 7) is 1.84. The number of carbonyl (C=O) groups excluding carboxylic acids is 1. The molecule has 0 spiro atoms. The number of hydrogen-bond donors (Lipinski definition) is 1. The van der Waals surface area contributed by atoms with Gasteiger partial charge in [-0.1, -0.05) is 23.9 Å². The quantitative estimate of drug-likeness (QED) is 0.441. The van der Waals surface area contributed by atoms with Gasteiger partial charge in [0, 0.05) is 25.0 Å². The predicted octanol–water partition coefficient (Wildman–Crippen LogP) is 2.60. The minimum atomic E-state index is -0.166. The molecule has 0 bridgehead atoms. The number of para-hydroxylation sites is 2. The van der Waals surface area contributed by atoms with Gasteiger partial charge in [0.2, 0.25) is 0 Å². The lowest BCUT2D eigenvalue weighted by molar-refractivity contribution is -0.118. The third-order valence-corrected chi connectivity index (χ3v) is 4.55. The molecule has 2 heterocycles. The molecule has 1 amide bonds. The molecule has 24 heavy (non-hydrogen) atoms. The number of aromatic nitrogens is 3. The summed E-state index contributed by atoms with van der Waals surface area (Å²) in [7, 11) is 1.95. The average molecular weight is 339 g/mol. The monoisotopic (exact) mass is 339 g/mol. The zero-order chi connectivity index (χ0) is 16.9. The zero-order valence-electron chi connectivity index (χ0n) is 13.4. The Morgan fingerprint density at radius 2 is 2.00 bits per heavy atom. The van der Waals surface area contributed by atoms with Crippen LogP contribution in [0, 0.1) is 0 Å². The van der Waals surface area contributed by atoms with E-state index < -0.39 is 0 Å². The van der Waals surface area contributed by atoms with E-state index in [1.54, 1.807) is 12.4 Å². The molecule has 122 valence electrons. The molecule has 0 fully saturated rings. The predicted molar refractivity (Wildman–Crippen MR) is 96.0 cm³/mol. The van der Waals surface area contributed by atoms with E-state index >= 15 is 0 Å². The molecule has 0 aliphatic rings. The van der Waals surface area contributed by atoms with Crippen LogP contribution >= 0.6 is 11.8 Å². The molecule has 0 radical (unpaired) electrons. The highest BCUT2D eigenvalue weighted by atomic mass is 32.2. The van der Waals surface area contributed by atoms with Crippen molar-refractivity contribution in [2.24, 2.45) is 12.1 Å². The fraction of sp³-hybridized carbons (Fsp3) is 0.176. The second-order valence-electron chi connectivity index (χ2n) is 5.20. The SMILES string of the molecule is C/C(=N/NC(=O)CSc1nc2ccccc2n1C)c1ccncc1. The molecule has 2 aromatic heterocycles. The summed E-state index contributed by atoms with van der Waals surface area (Å²) in [4.78, 5) is 20.5. The Morgan fingerprint density at radius 3 is 2.75 bits per heavy atom. The number of pyridine rings is 1. The number of aryl methyl sites for hydroxylation is 1. The van der Waals surface area contributed by atoms with E-state index in [1.807, 2.05) is 54.9 Å². The first-order valence-electron chi connectivity index (χ1n) is 7.43. The number of nitrogens with zero attached hydrogens (tertiary/aromatic N) is 4. The Hall–Kier alpha value is -2.67. The molecule has 0 atom stereocenters. The highest BCUT2D eigenvalue weighted by Gasteiger charge is 2.10. The first-order chi connectivity index (χ1) is 11.6. The average Bonchev–Trinajstić information content (AvgIpc) is 2.95. The van der Waals surface area contributed by atoms with Gasteiger partial charge in [-0.3, -0.25) is 9.78 Å². The van der Waals surface area contributed by atoms with Crippen LogP contribution in [0.15, 0.2) is 59.0 Å². The van der Waals surface area contributed by atoms with Crippen LogP contribution in [-0.4, -0.2) is 31.9 Å². The summed E-state index contributed by atoms with van der Waals surface area (Å²) < 4.78 is 1.98. The van der Waals surface area contributed by atoms with Crippen LogP contribution in [-0.2, 0) is 11.8 Å². The van der Waals surface area contributed by atoms with Crippen LogP contribution in [0.2, 0.25) is 0 Å². The van der Waals surface area contributed by atoms with Crippen LogP contribution in [0.1, 0.15) is 12.5 Å². The maximum Gasteiger partial charge on any atom is 0.250 e. The number of fused-ring (bicyclic) bond motifs is 1. The highest BCUT2D eigenvalue weighted by molar-refractivity contribution is 7.99. The molecular weight excluding hydrogens is 322 g/mol. The topological polar surface area (TPSA) is 72.2 Å². The van der Waals surface area contributed by atoms with Gasteiger partial charge in [-0.15, -0.1) is 0 Å². The number of imidazole rings is 1. The van der Waals surface area contributed by atoms with Gasteiger partial charge < -0.3 is 4.57 Å². The molecule has 0 saturated carbocycles. The van der Waals surface area contributed by atoms with Gasteiger partial charge >= 0.3 is 0 Å². The van der Waals surface area contributed by atoms with Crippen molar-refractivity contribution >= 4 is 34.4 Å². The molecule has 0 saturated heterocycles. The first-order valence-corrected chi connectivity index (χ1v) is 8.41. The van der Waals surface area contributed by atoms with Gasteiger partial charge in [-0.2, -0.15) is 5.10 Å². The summed E-state index contributed by atoms with van der Waals surface area (Å²) in [6.07, 6.45) is 3.38. The molecule has 0 unspecified atom stereocenters. The number of hydrogen-bond acceptors (Lipinski definition) is 5. The second-order valence-corrected chi connectivity index (χ2v) is 6.14. The van der Waals surface area contributed by atoms with Gasteiger partial charge in [-0.05, 0) is 31.2 Å². The Balaban J connectivity index is 1.60. The third kappa shape index (κ3) is 3.62. The van der Waals surface area contributed by atoms with Crippen molar-refractivity contribution in [3.05, 3.63) is 54.4 Å². The molecule has 1 N–H and O–H groups in total. The van der Waals surface area contributed by atoms with Gasteiger partial charge in [0.05, 0.1) is 22.5 Å². The summed E-state index contributed by atoms with van der Waals surface area (Å²) in [5.41, 5.74) is 6.21. The summed E-state index contributed by atoms with van der Waals surface area (Å²) in [5.74, 6) is 0.0880. The van der Waals surface area contributed by atoms with Gasteiger partial charge in [0.25, 0.3) is 5.91 Å². The molecule has 3 rings (SSSR count). The lowest BCUT2D eigenvalue weighted by atomic mass is 10.2. The summed E-state index contributed by atoms with van der Waals surface area (Å²) in [5, 5.41) is 4.93. The van der Waals surface area contributed by atoms with Gasteiger partial charge in [-0.25, -0.2) is 10.4 Å². The maximum atomic E-state index is 12.0. The van der Waals surface area contributed by atoms with Gasteiger partial charge in [0.1, 0.15) is 0 Å². The zero-order valence-corrected chi connectivity index (χ0v) is 14.2. The number of benzene rings is 1. The van der Waals surface area contributed by atoms with Crippen molar-refractivity contribution < 1.29 is 4.79 Å². The highest BCUT2D eigenvalue weighted by Crippen LogP contribution is 2.22. The molecule has 7 heteroatoms. The largest absolute Gasteiger partial charge is 0.322 e. The van der Waals surface area contributed by atoms with E-state index in [4.69, 9.17) is 0 Å². The fourth-order valence-corrected chi connectivity index (χ4v) is 3.00. The molecule has 3 aromatic rings. The number of nitrogens with one attached hydrogen (secondary N) is 1. The standard InChI is InChI=1S/C17H17N5OS/c1-12(13-7-9-18-10-8-13)20-21-16(23)11-24-17-19-14-5-3-4-6-15(14)22(17)2/h3-10H,11H2,1-2H3,(H,21,23)/b20-12-. The van der Waals surface area contributed by atoms with Crippen LogP contribution in [0.25, 0.3) is 11.0 Å².